The fraction of sp³-hybridized carbons (Fsp3) is 0.250. The van der Waals surface area contributed by atoms with Crippen molar-refractivity contribution < 1.29 is 14.0 Å². The number of rotatable bonds is 3. The Balaban J connectivity index is 1.40. The molecule has 2 aliphatic rings. The second kappa shape index (κ2) is 8.89. The normalized spacial score (nSPS) is 20.7. The first-order chi connectivity index (χ1) is 16.7. The number of para-hydroxylation sites is 1. The molecule has 5 nitrogen and oxygen atoms in total. The fourth-order valence-corrected chi connectivity index (χ4v) is 5.64. The summed E-state index contributed by atoms with van der Waals surface area (Å²) < 4.78 is 14.7. The van der Waals surface area contributed by atoms with Gasteiger partial charge in [-0.25, -0.2) is 9.37 Å². The van der Waals surface area contributed by atoms with Crippen LogP contribution in [-0.2, 0) is 11.2 Å². The van der Waals surface area contributed by atoms with Crippen molar-refractivity contribution in [2.24, 2.45) is 5.92 Å². The molecule has 2 heterocycles. The summed E-state index contributed by atoms with van der Waals surface area (Å²) in [6.07, 6.45) is 6.96. The van der Waals surface area contributed by atoms with Gasteiger partial charge in [-0.1, -0.05) is 36.4 Å². The van der Waals surface area contributed by atoms with Gasteiger partial charge in [0.25, 0.3) is 5.91 Å². The first-order valence-electron chi connectivity index (χ1n) is 11.6. The summed E-state index contributed by atoms with van der Waals surface area (Å²) in [4.78, 5) is 34.2. The van der Waals surface area contributed by atoms with E-state index in [0.29, 0.717) is 17.8 Å². The lowest BCUT2D eigenvalue weighted by atomic mass is 9.86. The standard InChI is InChI=1S/C28H26FN3O2S/c1-17-16-19(31-26(33)22-9-6-7-14-28(22,3)29)11-12-20(17)27(34)32-15-13-24-25(30-18(2)35-24)21-8-4-5-10-23(21)32/h4-12,14,16,22H,13,15H2,1-3H3,(H,31,33). The Morgan fingerprint density at radius 1 is 1.17 bits per heavy atom. The predicted molar refractivity (Wildman–Crippen MR) is 139 cm³/mol. The predicted octanol–water partition coefficient (Wildman–Crippen LogP) is 6.04. The van der Waals surface area contributed by atoms with E-state index in [0.717, 1.165) is 33.9 Å². The highest BCUT2D eigenvalue weighted by Crippen LogP contribution is 2.39. The zero-order valence-electron chi connectivity index (χ0n) is 19.8. The molecule has 1 aromatic heterocycles. The van der Waals surface area contributed by atoms with Crippen LogP contribution in [0.5, 0.6) is 0 Å². The van der Waals surface area contributed by atoms with Crippen molar-refractivity contribution in [2.75, 3.05) is 16.8 Å². The highest BCUT2D eigenvalue weighted by Gasteiger charge is 2.37. The van der Waals surface area contributed by atoms with Crippen LogP contribution in [-0.4, -0.2) is 29.0 Å². The van der Waals surface area contributed by atoms with E-state index in [2.05, 4.69) is 5.32 Å². The van der Waals surface area contributed by atoms with E-state index in [9.17, 15) is 14.0 Å². The molecule has 0 spiro atoms. The number of fused-ring (bicyclic) bond motifs is 3. The molecule has 0 saturated heterocycles. The number of hydrogen-bond acceptors (Lipinski definition) is 4. The van der Waals surface area contributed by atoms with E-state index in [4.69, 9.17) is 4.98 Å². The average molecular weight is 488 g/mol. The number of carbonyl (C=O) groups is 2. The number of aryl methyl sites for hydroxylation is 2. The maximum atomic E-state index is 14.7. The van der Waals surface area contributed by atoms with Gasteiger partial charge >= 0.3 is 0 Å². The molecule has 2 amide bonds. The molecule has 2 atom stereocenters. The van der Waals surface area contributed by atoms with E-state index < -0.39 is 17.5 Å². The number of benzene rings is 2. The van der Waals surface area contributed by atoms with Crippen molar-refractivity contribution in [1.29, 1.82) is 0 Å². The van der Waals surface area contributed by atoms with Crippen molar-refractivity contribution in [3.8, 4) is 11.3 Å². The van der Waals surface area contributed by atoms with Crippen LogP contribution in [0.4, 0.5) is 15.8 Å². The number of aromatic nitrogens is 1. The molecule has 2 unspecified atom stereocenters. The second-order valence-electron chi connectivity index (χ2n) is 9.12. The minimum Gasteiger partial charge on any atom is -0.325 e. The third-order valence-electron chi connectivity index (χ3n) is 6.51. The Hall–Kier alpha value is -3.58. The summed E-state index contributed by atoms with van der Waals surface area (Å²) in [7, 11) is 0. The van der Waals surface area contributed by atoms with Gasteiger partial charge in [-0.05, 0) is 56.7 Å². The summed E-state index contributed by atoms with van der Waals surface area (Å²) in [6, 6.07) is 13.1. The van der Waals surface area contributed by atoms with Crippen LogP contribution in [0.2, 0.25) is 0 Å². The van der Waals surface area contributed by atoms with Crippen molar-refractivity contribution in [3.63, 3.8) is 0 Å². The van der Waals surface area contributed by atoms with Crippen LogP contribution in [0, 0.1) is 19.8 Å². The Labute approximate surface area is 208 Å². The summed E-state index contributed by atoms with van der Waals surface area (Å²) in [5, 5.41) is 3.82. The minimum atomic E-state index is -1.75. The Kier molecular flexibility index (Phi) is 5.89. The lowest BCUT2D eigenvalue weighted by molar-refractivity contribution is -0.121. The van der Waals surface area contributed by atoms with Crippen molar-refractivity contribution in [1.82, 2.24) is 4.98 Å². The second-order valence-corrected chi connectivity index (χ2v) is 10.4. The first-order valence-corrected chi connectivity index (χ1v) is 12.4. The summed E-state index contributed by atoms with van der Waals surface area (Å²) in [6.45, 7) is 5.79. The lowest BCUT2D eigenvalue weighted by Gasteiger charge is -2.26. The number of alkyl halides is 1. The third-order valence-corrected chi connectivity index (χ3v) is 7.54. The van der Waals surface area contributed by atoms with E-state index in [1.165, 1.54) is 17.9 Å². The molecule has 0 saturated carbocycles. The number of anilines is 2. The van der Waals surface area contributed by atoms with E-state index in [-0.39, 0.29) is 5.91 Å². The summed E-state index contributed by atoms with van der Waals surface area (Å²) >= 11 is 1.67. The average Bonchev–Trinajstić information content (AvgIpc) is 3.12. The zero-order chi connectivity index (χ0) is 24.7. The van der Waals surface area contributed by atoms with Crippen LogP contribution in [0.1, 0.15) is 32.7 Å². The van der Waals surface area contributed by atoms with Crippen LogP contribution in [0.15, 0.2) is 66.8 Å². The van der Waals surface area contributed by atoms with Gasteiger partial charge in [0.1, 0.15) is 5.67 Å². The summed E-state index contributed by atoms with van der Waals surface area (Å²) in [5.41, 5.74) is 2.84. The van der Waals surface area contributed by atoms with Gasteiger partial charge in [-0.15, -0.1) is 11.3 Å². The number of thiazole rings is 1. The van der Waals surface area contributed by atoms with Gasteiger partial charge in [0.2, 0.25) is 5.91 Å². The number of nitrogens with one attached hydrogen (secondary N) is 1. The fourth-order valence-electron chi connectivity index (χ4n) is 4.70. The first kappa shape index (κ1) is 23.2. The lowest BCUT2D eigenvalue weighted by Crippen LogP contribution is -2.37. The SMILES string of the molecule is Cc1nc2c(s1)CCN(C(=O)c1ccc(NC(=O)C3C=CC=CC3(C)F)cc1C)c1ccccc1-2. The highest BCUT2D eigenvalue weighted by molar-refractivity contribution is 7.12. The smallest absolute Gasteiger partial charge is 0.258 e. The molecule has 2 aromatic carbocycles. The molecule has 0 bridgehead atoms. The Bertz CT molecular complexity index is 1390. The number of hydrogen-bond donors (Lipinski definition) is 1. The Morgan fingerprint density at radius 3 is 2.74 bits per heavy atom. The molecule has 3 aromatic rings. The number of carbonyl (C=O) groups excluding carboxylic acids is 2. The maximum Gasteiger partial charge on any atom is 0.258 e. The van der Waals surface area contributed by atoms with Crippen LogP contribution >= 0.6 is 11.3 Å². The molecule has 178 valence electrons. The van der Waals surface area contributed by atoms with E-state index >= 15 is 0 Å². The molecule has 35 heavy (non-hydrogen) atoms. The number of halogens is 1. The quantitative estimate of drug-likeness (QED) is 0.490. The number of allylic oxidation sites excluding steroid dienone is 3. The molecule has 0 fully saturated rings. The largest absolute Gasteiger partial charge is 0.325 e. The summed E-state index contributed by atoms with van der Waals surface area (Å²) in [5.74, 6) is -1.44. The van der Waals surface area contributed by atoms with E-state index in [1.54, 1.807) is 47.8 Å². The van der Waals surface area contributed by atoms with Gasteiger partial charge in [-0.2, -0.15) is 0 Å². The molecular formula is C28H26FN3O2S. The van der Waals surface area contributed by atoms with Gasteiger partial charge in [0.15, 0.2) is 0 Å². The van der Waals surface area contributed by atoms with Crippen molar-refractivity contribution in [3.05, 3.63) is 87.8 Å². The van der Waals surface area contributed by atoms with Crippen molar-refractivity contribution in [2.45, 2.75) is 32.9 Å². The highest BCUT2D eigenvalue weighted by atomic mass is 32.1. The van der Waals surface area contributed by atoms with Gasteiger partial charge < -0.3 is 10.2 Å². The van der Waals surface area contributed by atoms with Gasteiger partial charge in [-0.3, -0.25) is 9.59 Å². The Morgan fingerprint density at radius 2 is 1.97 bits per heavy atom. The van der Waals surface area contributed by atoms with Crippen LogP contribution in [0.25, 0.3) is 11.3 Å². The topological polar surface area (TPSA) is 62.3 Å². The van der Waals surface area contributed by atoms with E-state index in [1.807, 2.05) is 43.0 Å². The molecule has 1 aliphatic heterocycles. The maximum absolute atomic E-state index is 14.7. The number of amides is 2. The molecular weight excluding hydrogens is 461 g/mol. The zero-order valence-corrected chi connectivity index (χ0v) is 20.7. The molecule has 5 rings (SSSR count). The monoisotopic (exact) mass is 487 g/mol. The van der Waals surface area contributed by atoms with Gasteiger partial charge in [0, 0.05) is 34.7 Å². The van der Waals surface area contributed by atoms with Crippen LogP contribution < -0.4 is 10.2 Å². The van der Waals surface area contributed by atoms with Gasteiger partial charge in [0.05, 0.1) is 22.3 Å². The van der Waals surface area contributed by atoms with Crippen molar-refractivity contribution >= 4 is 34.5 Å². The molecule has 7 heteroatoms. The molecule has 1 N–H and O–H groups in total. The third kappa shape index (κ3) is 4.32. The minimum absolute atomic E-state index is 0.101. The number of nitrogens with zero attached hydrogens (tertiary/aromatic N) is 2. The molecule has 0 radical (unpaired) electrons. The molecule has 1 aliphatic carbocycles. The van der Waals surface area contributed by atoms with Crippen LogP contribution in [0.3, 0.4) is 0 Å².